The van der Waals surface area contributed by atoms with Gasteiger partial charge in [0.05, 0.1) is 6.85 Å². The van der Waals surface area contributed by atoms with Crippen LogP contribution in [0.4, 0.5) is 0 Å². The minimum Gasteiger partial charge on any atom is -0.456 e. The fourth-order valence-corrected chi connectivity index (χ4v) is 4.40. The lowest BCUT2D eigenvalue weighted by Gasteiger charge is -2.21. The number of rotatable bonds is 3. The largest absolute Gasteiger partial charge is 0.456 e. The van der Waals surface area contributed by atoms with Gasteiger partial charge in [-0.05, 0) is 35.2 Å². The minimum atomic E-state index is -0.472. The first-order chi connectivity index (χ1) is 19.4. The standard InChI is InChI=1S/C31H19N3O/c1-3-9-21(10-4-1)29-32-30(22-11-5-2-6-12-22)34-31(33-29)23-17-18-26-25(19-23)24-15-7-13-20-14-8-16-27(35-26)28(20)24/h1-19H/i1D,3D,4D,9D,10D. The summed E-state index contributed by atoms with van der Waals surface area (Å²) in [6.07, 6.45) is 0. The first-order valence-electron chi connectivity index (χ1n) is 13.6. The van der Waals surface area contributed by atoms with E-state index in [1.807, 2.05) is 78.9 Å². The van der Waals surface area contributed by atoms with Crippen molar-refractivity contribution < 1.29 is 11.6 Å². The number of hydrogen-bond acceptors (Lipinski definition) is 4. The van der Waals surface area contributed by atoms with Crippen molar-refractivity contribution in [1.82, 2.24) is 15.0 Å². The predicted molar refractivity (Wildman–Crippen MR) is 139 cm³/mol. The van der Waals surface area contributed by atoms with Crippen LogP contribution in [0.5, 0.6) is 11.5 Å². The number of fused-ring (bicyclic) bond motifs is 2. The van der Waals surface area contributed by atoms with Gasteiger partial charge in [0, 0.05) is 27.6 Å². The number of nitrogens with zero attached hydrogens (tertiary/aromatic N) is 3. The Morgan fingerprint density at radius 1 is 0.543 bits per heavy atom. The summed E-state index contributed by atoms with van der Waals surface area (Å²) in [4.78, 5) is 14.0. The Bertz CT molecular complexity index is 1960. The van der Waals surface area contributed by atoms with Crippen molar-refractivity contribution in [1.29, 1.82) is 0 Å². The average molecular weight is 455 g/mol. The van der Waals surface area contributed by atoms with Crippen molar-refractivity contribution in [2.75, 3.05) is 0 Å². The van der Waals surface area contributed by atoms with E-state index in [-0.39, 0.29) is 23.5 Å². The summed E-state index contributed by atoms with van der Waals surface area (Å²) in [5, 5.41) is 2.09. The summed E-state index contributed by atoms with van der Waals surface area (Å²) in [6, 6.07) is 24.9. The fraction of sp³-hybridized carbons (Fsp3) is 0. The Morgan fingerprint density at radius 3 is 2.06 bits per heavy atom. The molecule has 0 amide bonds. The molecule has 1 aromatic heterocycles. The molecule has 0 N–H and O–H groups in total. The summed E-state index contributed by atoms with van der Waals surface area (Å²) >= 11 is 0. The second kappa shape index (κ2) is 7.89. The van der Waals surface area contributed by atoms with Crippen LogP contribution in [0.3, 0.4) is 0 Å². The van der Waals surface area contributed by atoms with E-state index < -0.39 is 18.1 Å². The molecule has 2 heterocycles. The topological polar surface area (TPSA) is 47.9 Å². The van der Waals surface area contributed by atoms with Gasteiger partial charge in [-0.3, -0.25) is 0 Å². The lowest BCUT2D eigenvalue weighted by atomic mass is 9.93. The number of ether oxygens (including phenoxy) is 1. The predicted octanol–water partition coefficient (Wildman–Crippen LogP) is 7.80. The molecule has 7 rings (SSSR count). The smallest absolute Gasteiger partial charge is 0.164 e. The highest BCUT2D eigenvalue weighted by Gasteiger charge is 2.21. The summed E-state index contributed by atoms with van der Waals surface area (Å²) < 4.78 is 47.5. The van der Waals surface area contributed by atoms with Gasteiger partial charge in [-0.15, -0.1) is 0 Å². The first-order valence-corrected chi connectivity index (χ1v) is 11.1. The summed E-state index contributed by atoms with van der Waals surface area (Å²) in [6.45, 7) is 0. The summed E-state index contributed by atoms with van der Waals surface area (Å²) in [7, 11) is 0. The van der Waals surface area contributed by atoms with E-state index in [4.69, 9.17) is 16.6 Å². The third kappa shape index (κ3) is 3.35. The summed E-state index contributed by atoms with van der Waals surface area (Å²) in [5.74, 6) is 2.14. The van der Waals surface area contributed by atoms with Crippen LogP contribution < -0.4 is 4.74 Å². The Balaban J connectivity index is 1.47. The molecular weight excluding hydrogens is 430 g/mol. The van der Waals surface area contributed by atoms with E-state index in [0.717, 1.165) is 27.6 Å². The molecule has 164 valence electrons. The Labute approximate surface area is 209 Å². The number of benzene rings is 5. The van der Waals surface area contributed by atoms with Crippen LogP contribution in [0.1, 0.15) is 6.85 Å². The van der Waals surface area contributed by atoms with Gasteiger partial charge >= 0.3 is 0 Å². The van der Waals surface area contributed by atoms with Gasteiger partial charge in [-0.25, -0.2) is 15.0 Å². The monoisotopic (exact) mass is 454 g/mol. The first kappa shape index (κ1) is 15.1. The average Bonchev–Trinajstić information content (AvgIpc) is 2.99. The Hall–Kier alpha value is -4.83. The van der Waals surface area contributed by atoms with Crippen molar-refractivity contribution in [3.8, 4) is 56.8 Å². The van der Waals surface area contributed by atoms with E-state index in [2.05, 4.69) is 16.0 Å². The van der Waals surface area contributed by atoms with Crippen molar-refractivity contribution in [2.24, 2.45) is 0 Å². The molecule has 0 fully saturated rings. The molecule has 4 nitrogen and oxygen atoms in total. The molecule has 0 radical (unpaired) electrons. The Morgan fingerprint density at radius 2 is 1.26 bits per heavy atom. The second-order valence-electron chi connectivity index (χ2n) is 8.15. The van der Waals surface area contributed by atoms with Crippen LogP contribution in [0.15, 0.2) is 115 Å². The van der Waals surface area contributed by atoms with Gasteiger partial charge in [0.15, 0.2) is 17.5 Å². The molecule has 0 unspecified atom stereocenters. The number of aromatic nitrogens is 3. The molecular formula is C31H19N3O. The zero-order valence-corrected chi connectivity index (χ0v) is 18.3. The molecule has 6 aromatic rings. The van der Waals surface area contributed by atoms with Crippen molar-refractivity contribution in [2.45, 2.75) is 0 Å². The molecule has 4 heteroatoms. The van der Waals surface area contributed by atoms with E-state index in [1.54, 1.807) is 0 Å². The van der Waals surface area contributed by atoms with Gasteiger partial charge in [-0.1, -0.05) is 90.9 Å². The maximum absolute atomic E-state index is 8.49. The van der Waals surface area contributed by atoms with Crippen LogP contribution >= 0.6 is 0 Å². The van der Waals surface area contributed by atoms with Crippen LogP contribution in [0, 0.1) is 0 Å². The highest BCUT2D eigenvalue weighted by molar-refractivity contribution is 6.04. The van der Waals surface area contributed by atoms with Gasteiger partial charge in [0.25, 0.3) is 0 Å². The molecule has 1 aliphatic heterocycles. The normalized spacial score (nSPS) is 13.7. The van der Waals surface area contributed by atoms with Crippen LogP contribution in [-0.4, -0.2) is 15.0 Å². The highest BCUT2D eigenvalue weighted by atomic mass is 16.5. The van der Waals surface area contributed by atoms with Gasteiger partial charge < -0.3 is 4.74 Å². The van der Waals surface area contributed by atoms with E-state index >= 15 is 0 Å². The molecule has 0 saturated heterocycles. The molecule has 0 aliphatic carbocycles. The van der Waals surface area contributed by atoms with Crippen molar-refractivity contribution in [3.63, 3.8) is 0 Å². The minimum absolute atomic E-state index is 0.00210. The number of hydrogen-bond donors (Lipinski definition) is 0. The lowest BCUT2D eigenvalue weighted by molar-refractivity contribution is 0.487. The van der Waals surface area contributed by atoms with Crippen molar-refractivity contribution >= 4 is 10.8 Å². The van der Waals surface area contributed by atoms with E-state index in [9.17, 15) is 0 Å². The van der Waals surface area contributed by atoms with Crippen LogP contribution in [0.25, 0.3) is 56.1 Å². The second-order valence-corrected chi connectivity index (χ2v) is 8.15. The van der Waals surface area contributed by atoms with Gasteiger partial charge in [0.1, 0.15) is 11.5 Å². The zero-order chi connectivity index (χ0) is 27.5. The van der Waals surface area contributed by atoms with Crippen LogP contribution in [0.2, 0.25) is 0 Å². The third-order valence-corrected chi connectivity index (χ3v) is 6.01. The Kier molecular flexibility index (Phi) is 3.41. The SMILES string of the molecule is [2H]c1c([2H])c([2H])c(-c2nc(-c3ccccc3)nc(-c3ccc4c(c3)-c3cccc5cccc(c35)O4)n2)c([2H])c1[2H]. The maximum atomic E-state index is 8.49. The van der Waals surface area contributed by atoms with E-state index in [1.165, 1.54) is 0 Å². The summed E-state index contributed by atoms with van der Waals surface area (Å²) in [5.41, 5.74) is 3.21. The molecule has 5 aromatic carbocycles. The highest BCUT2D eigenvalue weighted by Crippen LogP contribution is 2.47. The lowest BCUT2D eigenvalue weighted by Crippen LogP contribution is -2.01. The maximum Gasteiger partial charge on any atom is 0.164 e. The quantitative estimate of drug-likeness (QED) is 0.273. The van der Waals surface area contributed by atoms with E-state index in [0.29, 0.717) is 28.5 Å². The van der Waals surface area contributed by atoms with Gasteiger partial charge in [-0.2, -0.15) is 0 Å². The molecule has 0 spiro atoms. The molecule has 0 saturated carbocycles. The molecule has 0 atom stereocenters. The zero-order valence-electron chi connectivity index (χ0n) is 23.3. The van der Waals surface area contributed by atoms with Crippen LogP contribution in [-0.2, 0) is 0 Å². The third-order valence-electron chi connectivity index (χ3n) is 6.01. The van der Waals surface area contributed by atoms with Gasteiger partial charge in [0.2, 0.25) is 0 Å². The van der Waals surface area contributed by atoms with Crippen molar-refractivity contribution in [3.05, 3.63) is 115 Å². The molecule has 35 heavy (non-hydrogen) atoms. The fourth-order valence-electron chi connectivity index (χ4n) is 4.40. The molecule has 1 aliphatic rings. The molecule has 0 bridgehead atoms.